The molecule has 0 aliphatic heterocycles. The van der Waals surface area contributed by atoms with E-state index >= 15 is 0 Å². The number of carbonyl (C=O) groups is 1. The van der Waals surface area contributed by atoms with Gasteiger partial charge in [0.1, 0.15) is 0 Å². The van der Waals surface area contributed by atoms with E-state index in [1.54, 1.807) is 31.4 Å². The molecule has 3 aromatic rings. The quantitative estimate of drug-likeness (QED) is 0.565. The Balaban J connectivity index is 1.69. The summed E-state index contributed by atoms with van der Waals surface area (Å²) in [5.41, 5.74) is 0.647. The van der Waals surface area contributed by atoms with Gasteiger partial charge in [-0.1, -0.05) is 23.7 Å². The lowest BCUT2D eigenvalue weighted by Gasteiger charge is -2.26. The van der Waals surface area contributed by atoms with Crippen molar-refractivity contribution in [1.82, 2.24) is 15.1 Å². The first-order chi connectivity index (χ1) is 13.6. The Labute approximate surface area is 172 Å². The average molecular weight is 421 g/mol. The minimum absolute atomic E-state index is 0.156. The molecule has 7 nitrogen and oxygen atoms in total. The van der Waals surface area contributed by atoms with Crippen molar-refractivity contribution in [2.45, 2.75) is 19.5 Å². The van der Waals surface area contributed by atoms with Gasteiger partial charge in [-0.05, 0) is 36.6 Å². The first kappa shape index (κ1) is 20.5. The zero-order chi connectivity index (χ0) is 19.9. The second-order valence-corrected chi connectivity index (χ2v) is 7.50. The van der Waals surface area contributed by atoms with Gasteiger partial charge >= 0.3 is 0 Å². The highest BCUT2D eigenvalue weighted by atomic mass is 35.5. The highest BCUT2D eigenvalue weighted by molar-refractivity contribution is 7.13. The van der Waals surface area contributed by atoms with Gasteiger partial charge in [-0.2, -0.15) is 0 Å². The van der Waals surface area contributed by atoms with E-state index in [9.17, 15) is 4.79 Å². The first-order valence-electron chi connectivity index (χ1n) is 8.72. The van der Waals surface area contributed by atoms with Gasteiger partial charge in [0.25, 0.3) is 5.89 Å². The van der Waals surface area contributed by atoms with Crippen LogP contribution in [0.5, 0.6) is 0 Å². The number of ether oxygens (including phenoxy) is 1. The first-order valence-corrected chi connectivity index (χ1v) is 9.98. The van der Waals surface area contributed by atoms with Crippen molar-refractivity contribution in [3.8, 4) is 10.8 Å². The number of aromatic nitrogens is 2. The van der Waals surface area contributed by atoms with Crippen LogP contribution in [0.2, 0.25) is 5.02 Å². The van der Waals surface area contributed by atoms with E-state index in [2.05, 4.69) is 15.5 Å². The van der Waals surface area contributed by atoms with Crippen LogP contribution in [0.25, 0.3) is 10.8 Å². The molecule has 0 fully saturated rings. The van der Waals surface area contributed by atoms with Crippen LogP contribution in [-0.2, 0) is 16.1 Å². The van der Waals surface area contributed by atoms with Crippen LogP contribution in [-0.4, -0.2) is 47.3 Å². The van der Waals surface area contributed by atoms with E-state index in [0.717, 1.165) is 4.88 Å². The Morgan fingerprint density at radius 1 is 1.36 bits per heavy atom. The van der Waals surface area contributed by atoms with Crippen LogP contribution in [0, 0.1) is 0 Å². The number of amides is 1. The van der Waals surface area contributed by atoms with Crippen LogP contribution < -0.4 is 5.32 Å². The topological polar surface area (TPSA) is 80.5 Å². The fraction of sp³-hybridized carbons (Fsp3) is 0.316. The molecule has 0 spiro atoms. The van der Waals surface area contributed by atoms with Crippen LogP contribution in [0.15, 0.2) is 46.2 Å². The molecule has 0 saturated carbocycles. The zero-order valence-corrected chi connectivity index (χ0v) is 17.2. The summed E-state index contributed by atoms with van der Waals surface area (Å²) in [6.07, 6.45) is 0. The van der Waals surface area contributed by atoms with E-state index in [0.29, 0.717) is 42.2 Å². The lowest BCUT2D eigenvalue weighted by molar-refractivity contribution is -0.121. The minimum Gasteiger partial charge on any atom is -0.419 e. The van der Waals surface area contributed by atoms with Crippen LogP contribution in [0.3, 0.4) is 0 Å². The number of rotatable bonds is 9. The molecule has 9 heteroatoms. The molecule has 1 atom stereocenters. The van der Waals surface area contributed by atoms with Crippen molar-refractivity contribution < 1.29 is 13.9 Å². The number of benzene rings is 1. The largest absolute Gasteiger partial charge is 0.419 e. The lowest BCUT2D eigenvalue weighted by atomic mass is 10.2. The Morgan fingerprint density at radius 2 is 2.21 bits per heavy atom. The van der Waals surface area contributed by atoms with Crippen molar-refractivity contribution >= 4 is 34.5 Å². The molecule has 0 aliphatic rings. The fourth-order valence-corrected chi connectivity index (χ4v) is 3.42. The Bertz CT molecular complexity index is 900. The van der Waals surface area contributed by atoms with Crippen molar-refractivity contribution in [3.05, 3.63) is 52.7 Å². The lowest BCUT2D eigenvalue weighted by Crippen LogP contribution is -2.43. The summed E-state index contributed by atoms with van der Waals surface area (Å²) in [5.74, 6) is 0.769. The second kappa shape index (κ2) is 9.79. The summed E-state index contributed by atoms with van der Waals surface area (Å²) >= 11 is 7.52. The highest BCUT2D eigenvalue weighted by Crippen LogP contribution is 2.23. The van der Waals surface area contributed by atoms with Gasteiger partial charge in [-0.25, -0.2) is 0 Å². The molecule has 0 bridgehead atoms. The molecule has 148 valence electrons. The molecule has 3 rings (SSSR count). The van der Waals surface area contributed by atoms with Crippen LogP contribution >= 0.6 is 22.9 Å². The molecule has 1 amide bonds. The Kier molecular flexibility index (Phi) is 7.16. The number of anilines is 1. The van der Waals surface area contributed by atoms with E-state index in [1.165, 1.54) is 11.3 Å². The summed E-state index contributed by atoms with van der Waals surface area (Å²) in [6, 6.07) is 10.5. The van der Waals surface area contributed by atoms with E-state index in [-0.39, 0.29) is 5.91 Å². The number of hydrogen-bond acceptors (Lipinski definition) is 7. The average Bonchev–Trinajstić information content (AvgIpc) is 3.36. The normalized spacial score (nSPS) is 12.3. The number of thiophene rings is 1. The number of halogens is 1. The third-order valence-corrected chi connectivity index (χ3v) is 5.23. The molecule has 2 aromatic heterocycles. The minimum atomic E-state index is -0.439. The summed E-state index contributed by atoms with van der Waals surface area (Å²) in [4.78, 5) is 15.5. The van der Waals surface area contributed by atoms with Crippen molar-refractivity contribution in [3.63, 3.8) is 0 Å². The van der Waals surface area contributed by atoms with Gasteiger partial charge < -0.3 is 14.5 Å². The summed E-state index contributed by atoms with van der Waals surface area (Å²) in [5, 5.41) is 13.6. The molecule has 0 aliphatic carbocycles. The van der Waals surface area contributed by atoms with E-state index in [1.807, 2.05) is 29.3 Å². The molecular formula is C19H21ClN4O3S. The van der Waals surface area contributed by atoms with Crippen molar-refractivity contribution in [2.75, 3.05) is 25.6 Å². The van der Waals surface area contributed by atoms with Gasteiger partial charge in [0, 0.05) is 24.4 Å². The summed E-state index contributed by atoms with van der Waals surface area (Å²) < 4.78 is 10.9. The predicted molar refractivity (Wildman–Crippen MR) is 109 cm³/mol. The van der Waals surface area contributed by atoms with Crippen LogP contribution in [0.4, 0.5) is 5.69 Å². The number of nitrogens with zero attached hydrogens (tertiary/aromatic N) is 3. The predicted octanol–water partition coefficient (Wildman–Crippen LogP) is 3.93. The number of nitrogens with one attached hydrogen (secondary N) is 1. The van der Waals surface area contributed by atoms with Crippen LogP contribution in [0.1, 0.15) is 12.8 Å². The summed E-state index contributed by atoms with van der Waals surface area (Å²) in [7, 11) is 1.62. The molecule has 1 aromatic carbocycles. The maximum atomic E-state index is 12.7. The third-order valence-electron chi connectivity index (χ3n) is 4.14. The Hall–Kier alpha value is -2.26. The highest BCUT2D eigenvalue weighted by Gasteiger charge is 2.24. The van der Waals surface area contributed by atoms with Gasteiger partial charge in [-0.3, -0.25) is 9.69 Å². The second-order valence-electron chi connectivity index (χ2n) is 6.12. The molecule has 2 heterocycles. The Morgan fingerprint density at radius 3 is 2.93 bits per heavy atom. The summed E-state index contributed by atoms with van der Waals surface area (Å²) in [6.45, 7) is 3.18. The van der Waals surface area contributed by atoms with Gasteiger partial charge in [0.2, 0.25) is 11.8 Å². The maximum Gasteiger partial charge on any atom is 0.257 e. The molecule has 1 N–H and O–H groups in total. The molecule has 28 heavy (non-hydrogen) atoms. The number of methoxy groups -OCH3 is 1. The molecule has 0 radical (unpaired) electrons. The third kappa shape index (κ3) is 5.39. The van der Waals surface area contributed by atoms with E-state index < -0.39 is 6.04 Å². The molecule has 0 saturated heterocycles. The van der Waals surface area contributed by atoms with Gasteiger partial charge in [0.05, 0.1) is 24.1 Å². The van der Waals surface area contributed by atoms with E-state index in [4.69, 9.17) is 20.8 Å². The monoisotopic (exact) mass is 420 g/mol. The zero-order valence-electron chi connectivity index (χ0n) is 15.6. The maximum absolute atomic E-state index is 12.7. The molecule has 0 unspecified atom stereocenters. The van der Waals surface area contributed by atoms with Gasteiger partial charge in [0.15, 0.2) is 0 Å². The smallest absolute Gasteiger partial charge is 0.257 e. The number of hydrogen-bond donors (Lipinski definition) is 1. The van der Waals surface area contributed by atoms with Crippen molar-refractivity contribution in [2.24, 2.45) is 0 Å². The van der Waals surface area contributed by atoms with Gasteiger partial charge in [-0.15, -0.1) is 21.5 Å². The standard InChI is InChI=1S/C19H21ClN4O3S/c1-13(18(25)21-15-6-3-5-14(20)11-15)24(8-9-26-2)12-17-22-23-19(27-17)16-7-4-10-28-16/h3-7,10-11,13H,8-9,12H2,1-2H3,(H,21,25)/t13-/m1/s1. The van der Waals surface area contributed by atoms with Crippen molar-refractivity contribution in [1.29, 1.82) is 0 Å². The fourth-order valence-electron chi connectivity index (χ4n) is 2.59. The SMILES string of the molecule is COCCN(Cc1nnc(-c2cccs2)o1)[C@H](C)C(=O)Nc1cccc(Cl)c1. The molecular weight excluding hydrogens is 400 g/mol. The number of carbonyl (C=O) groups excluding carboxylic acids is 1.